The van der Waals surface area contributed by atoms with Crippen molar-refractivity contribution < 1.29 is 4.79 Å². The van der Waals surface area contributed by atoms with E-state index in [1.54, 1.807) is 17.5 Å². The third-order valence-electron chi connectivity index (χ3n) is 4.65. The molecule has 0 atom stereocenters. The number of thiazole rings is 1. The molecule has 27 heavy (non-hydrogen) atoms. The maximum atomic E-state index is 12.6. The summed E-state index contributed by atoms with van der Waals surface area (Å²) in [5.74, 6) is 0.928. The molecule has 1 aliphatic heterocycles. The SMILES string of the molecule is Cc1csc(Nc2cc(Cc3cccc(C(=O)N4CCCC4)c3)ccn2)n1. The van der Waals surface area contributed by atoms with Crippen molar-refractivity contribution in [2.75, 3.05) is 18.4 Å². The number of amides is 1. The van der Waals surface area contributed by atoms with E-state index < -0.39 is 0 Å². The molecular weight excluding hydrogens is 356 g/mol. The number of nitrogens with zero attached hydrogens (tertiary/aromatic N) is 3. The summed E-state index contributed by atoms with van der Waals surface area (Å²) in [6.07, 6.45) is 4.78. The fourth-order valence-corrected chi connectivity index (χ4v) is 4.02. The first-order valence-corrected chi connectivity index (χ1v) is 10.1. The lowest BCUT2D eigenvalue weighted by Gasteiger charge is -2.15. The van der Waals surface area contributed by atoms with Crippen LogP contribution in [0.15, 0.2) is 48.0 Å². The van der Waals surface area contributed by atoms with Crippen LogP contribution < -0.4 is 5.32 Å². The highest BCUT2D eigenvalue weighted by molar-refractivity contribution is 7.13. The molecule has 3 heterocycles. The van der Waals surface area contributed by atoms with Gasteiger partial charge < -0.3 is 10.2 Å². The molecular formula is C21H22N4OS. The van der Waals surface area contributed by atoms with Crippen molar-refractivity contribution in [3.63, 3.8) is 0 Å². The normalized spacial score (nSPS) is 13.7. The van der Waals surface area contributed by atoms with E-state index in [0.717, 1.165) is 65.7 Å². The zero-order valence-electron chi connectivity index (χ0n) is 15.3. The number of aryl methyl sites for hydroxylation is 1. The van der Waals surface area contributed by atoms with Crippen LogP contribution in [0.1, 0.15) is 40.0 Å². The van der Waals surface area contributed by atoms with Crippen LogP contribution in [-0.4, -0.2) is 33.9 Å². The highest BCUT2D eigenvalue weighted by Crippen LogP contribution is 2.21. The number of anilines is 2. The molecule has 1 N–H and O–H groups in total. The number of carbonyl (C=O) groups is 1. The molecule has 1 saturated heterocycles. The van der Waals surface area contributed by atoms with Crippen LogP contribution >= 0.6 is 11.3 Å². The van der Waals surface area contributed by atoms with Crippen LogP contribution in [0.4, 0.5) is 10.9 Å². The van der Waals surface area contributed by atoms with Crippen LogP contribution in [0, 0.1) is 6.92 Å². The first-order chi connectivity index (χ1) is 13.2. The van der Waals surface area contributed by atoms with Crippen molar-refractivity contribution in [2.45, 2.75) is 26.2 Å². The van der Waals surface area contributed by atoms with Gasteiger partial charge in [-0.3, -0.25) is 4.79 Å². The molecule has 4 rings (SSSR count). The third-order valence-corrected chi connectivity index (χ3v) is 5.53. The van der Waals surface area contributed by atoms with Crippen molar-refractivity contribution in [3.8, 4) is 0 Å². The largest absolute Gasteiger partial charge is 0.339 e. The second-order valence-corrected chi connectivity index (χ2v) is 7.70. The van der Waals surface area contributed by atoms with Gasteiger partial charge in [-0.2, -0.15) is 0 Å². The number of rotatable bonds is 5. The maximum Gasteiger partial charge on any atom is 0.253 e. The van der Waals surface area contributed by atoms with Gasteiger partial charge in [0.05, 0.1) is 5.69 Å². The fourth-order valence-electron chi connectivity index (χ4n) is 3.33. The standard InChI is InChI=1S/C21H22N4OS/c1-15-14-27-21(23-15)24-19-13-17(7-8-22-19)11-16-5-4-6-18(12-16)20(26)25-9-2-3-10-25/h4-8,12-14H,2-3,9-11H2,1H3,(H,22,23,24). The number of carbonyl (C=O) groups excluding carboxylic acids is 1. The summed E-state index contributed by atoms with van der Waals surface area (Å²) in [5, 5.41) is 6.11. The molecule has 0 unspecified atom stereocenters. The van der Waals surface area contributed by atoms with E-state index in [1.807, 2.05) is 47.5 Å². The predicted octanol–water partition coefficient (Wildman–Crippen LogP) is 4.42. The van der Waals surface area contributed by atoms with E-state index in [-0.39, 0.29) is 5.91 Å². The zero-order valence-corrected chi connectivity index (χ0v) is 16.1. The molecule has 2 aromatic heterocycles. The van der Waals surface area contributed by atoms with E-state index in [4.69, 9.17) is 0 Å². The summed E-state index contributed by atoms with van der Waals surface area (Å²) in [7, 11) is 0. The molecule has 3 aromatic rings. The first kappa shape index (κ1) is 17.7. The van der Waals surface area contributed by atoms with Crippen LogP contribution in [0.3, 0.4) is 0 Å². The monoisotopic (exact) mass is 378 g/mol. The van der Waals surface area contributed by atoms with E-state index in [0.29, 0.717) is 0 Å². The molecule has 0 bridgehead atoms. The molecule has 0 saturated carbocycles. The Bertz CT molecular complexity index is 947. The summed E-state index contributed by atoms with van der Waals surface area (Å²) in [6.45, 7) is 3.72. The number of pyridine rings is 1. The van der Waals surface area contributed by atoms with Crippen molar-refractivity contribution >= 4 is 28.2 Å². The minimum atomic E-state index is 0.144. The van der Waals surface area contributed by atoms with E-state index in [2.05, 4.69) is 21.4 Å². The molecule has 138 valence electrons. The minimum absolute atomic E-state index is 0.144. The second-order valence-electron chi connectivity index (χ2n) is 6.84. The number of hydrogen-bond acceptors (Lipinski definition) is 5. The fraction of sp³-hybridized carbons (Fsp3) is 0.286. The molecule has 1 aliphatic rings. The molecule has 1 fully saturated rings. The van der Waals surface area contributed by atoms with E-state index in [9.17, 15) is 4.79 Å². The molecule has 0 spiro atoms. The third kappa shape index (κ3) is 4.34. The number of nitrogens with one attached hydrogen (secondary N) is 1. The van der Waals surface area contributed by atoms with Gasteiger partial charge >= 0.3 is 0 Å². The summed E-state index contributed by atoms with van der Waals surface area (Å²) in [5.41, 5.74) is 4.05. The maximum absolute atomic E-state index is 12.6. The zero-order chi connectivity index (χ0) is 18.6. The van der Waals surface area contributed by atoms with Gasteiger partial charge in [0.15, 0.2) is 5.13 Å². The Hall–Kier alpha value is -2.73. The van der Waals surface area contributed by atoms with Crippen LogP contribution in [-0.2, 0) is 6.42 Å². The Kier molecular flexibility index (Phi) is 5.16. The second kappa shape index (κ2) is 7.88. The predicted molar refractivity (Wildman–Crippen MR) is 109 cm³/mol. The van der Waals surface area contributed by atoms with Gasteiger partial charge in [-0.25, -0.2) is 9.97 Å². The highest BCUT2D eigenvalue weighted by Gasteiger charge is 2.19. The summed E-state index contributed by atoms with van der Waals surface area (Å²) < 4.78 is 0. The van der Waals surface area contributed by atoms with Gasteiger partial charge in [-0.05, 0) is 61.6 Å². The van der Waals surface area contributed by atoms with Gasteiger partial charge in [0.2, 0.25) is 0 Å². The Balaban J connectivity index is 1.48. The van der Waals surface area contributed by atoms with Crippen LogP contribution in [0.5, 0.6) is 0 Å². The molecule has 5 nitrogen and oxygen atoms in total. The van der Waals surface area contributed by atoms with Crippen LogP contribution in [0.25, 0.3) is 0 Å². The van der Waals surface area contributed by atoms with Crippen LogP contribution in [0.2, 0.25) is 0 Å². The number of benzene rings is 1. The van der Waals surface area contributed by atoms with Gasteiger partial charge in [0.1, 0.15) is 5.82 Å². The average Bonchev–Trinajstić information content (AvgIpc) is 3.34. The summed E-state index contributed by atoms with van der Waals surface area (Å²) in [6, 6.07) is 12.0. The van der Waals surface area contributed by atoms with Crippen molar-refractivity contribution in [1.82, 2.24) is 14.9 Å². The topological polar surface area (TPSA) is 58.1 Å². The molecule has 0 aliphatic carbocycles. The number of aromatic nitrogens is 2. The van der Waals surface area contributed by atoms with Crippen molar-refractivity contribution in [1.29, 1.82) is 0 Å². The minimum Gasteiger partial charge on any atom is -0.339 e. The lowest BCUT2D eigenvalue weighted by Crippen LogP contribution is -2.27. The van der Waals surface area contributed by atoms with E-state index >= 15 is 0 Å². The van der Waals surface area contributed by atoms with Gasteiger partial charge in [-0.1, -0.05) is 12.1 Å². The Morgan fingerprint density at radius 3 is 2.78 bits per heavy atom. The first-order valence-electron chi connectivity index (χ1n) is 9.20. The molecule has 6 heteroatoms. The van der Waals surface area contributed by atoms with Crippen molar-refractivity contribution in [3.05, 3.63) is 70.4 Å². The van der Waals surface area contributed by atoms with Gasteiger partial charge in [-0.15, -0.1) is 11.3 Å². The molecule has 1 amide bonds. The molecule has 1 aromatic carbocycles. The Morgan fingerprint density at radius 1 is 1.19 bits per heavy atom. The van der Waals surface area contributed by atoms with E-state index in [1.165, 1.54) is 0 Å². The summed E-state index contributed by atoms with van der Waals surface area (Å²) >= 11 is 1.57. The van der Waals surface area contributed by atoms with Gasteiger partial charge in [0, 0.05) is 30.2 Å². The Labute approximate surface area is 163 Å². The van der Waals surface area contributed by atoms with Gasteiger partial charge in [0.25, 0.3) is 5.91 Å². The highest BCUT2D eigenvalue weighted by atomic mass is 32.1. The quantitative estimate of drug-likeness (QED) is 0.714. The lowest BCUT2D eigenvalue weighted by molar-refractivity contribution is 0.0792. The number of likely N-dealkylation sites (tertiary alicyclic amines) is 1. The Morgan fingerprint density at radius 2 is 2.00 bits per heavy atom. The smallest absolute Gasteiger partial charge is 0.253 e. The molecule has 0 radical (unpaired) electrons. The summed E-state index contributed by atoms with van der Waals surface area (Å²) in [4.78, 5) is 23.4. The lowest BCUT2D eigenvalue weighted by atomic mass is 10.0. The van der Waals surface area contributed by atoms with Crippen molar-refractivity contribution in [2.24, 2.45) is 0 Å². The number of hydrogen-bond donors (Lipinski definition) is 1. The average molecular weight is 379 g/mol.